The van der Waals surface area contributed by atoms with Crippen molar-refractivity contribution in [2.75, 3.05) is 13.2 Å². The average molecular weight is 299 g/mol. The minimum absolute atomic E-state index is 0.282. The van der Waals surface area contributed by atoms with Gasteiger partial charge in [0, 0.05) is 6.54 Å². The molecule has 0 saturated heterocycles. The maximum Gasteiger partial charge on any atom is 0.240 e. The third-order valence-electron chi connectivity index (χ3n) is 2.91. The Kier molecular flexibility index (Phi) is 7.02. The van der Waals surface area contributed by atoms with Crippen molar-refractivity contribution in [1.82, 2.24) is 4.72 Å². The van der Waals surface area contributed by atoms with Crippen LogP contribution in [0.1, 0.15) is 40.0 Å². The molecular weight excluding hydrogens is 274 g/mol. The Morgan fingerprint density at radius 1 is 1.20 bits per heavy atom. The molecule has 0 bridgehead atoms. The van der Waals surface area contributed by atoms with Gasteiger partial charge >= 0.3 is 0 Å². The van der Waals surface area contributed by atoms with E-state index in [9.17, 15) is 8.42 Å². The lowest BCUT2D eigenvalue weighted by Gasteiger charge is -2.09. The van der Waals surface area contributed by atoms with Crippen LogP contribution in [0.25, 0.3) is 0 Å². The molecule has 0 amide bonds. The number of nitrogens with one attached hydrogen (secondary N) is 1. The second-order valence-electron chi connectivity index (χ2n) is 5.25. The molecule has 1 rings (SSSR count). The van der Waals surface area contributed by atoms with E-state index in [1.165, 1.54) is 0 Å². The summed E-state index contributed by atoms with van der Waals surface area (Å²) < 4.78 is 32.2. The predicted octanol–water partition coefficient (Wildman–Crippen LogP) is 3.19. The highest BCUT2D eigenvalue weighted by Gasteiger charge is 2.13. The number of hydrogen-bond donors (Lipinski definition) is 1. The normalized spacial score (nSPS) is 11.8. The molecular formula is C15H25NO3S. The molecule has 0 aliphatic heterocycles. The average Bonchev–Trinajstić information content (AvgIpc) is 2.39. The van der Waals surface area contributed by atoms with Crippen molar-refractivity contribution >= 4 is 10.0 Å². The minimum atomic E-state index is -3.40. The van der Waals surface area contributed by atoms with Gasteiger partial charge in [-0.05, 0) is 43.0 Å². The van der Waals surface area contributed by atoms with E-state index in [-0.39, 0.29) is 4.90 Å². The van der Waals surface area contributed by atoms with Crippen LogP contribution < -0.4 is 9.46 Å². The van der Waals surface area contributed by atoms with Gasteiger partial charge in [0.25, 0.3) is 0 Å². The van der Waals surface area contributed by atoms with Crippen LogP contribution in [0, 0.1) is 5.92 Å². The number of unbranched alkanes of at least 4 members (excludes halogenated alkanes) is 1. The van der Waals surface area contributed by atoms with Gasteiger partial charge < -0.3 is 4.74 Å². The summed E-state index contributed by atoms with van der Waals surface area (Å²) in [5.74, 6) is 1.19. The zero-order valence-corrected chi connectivity index (χ0v) is 13.4. The first-order valence-corrected chi connectivity index (χ1v) is 8.66. The zero-order chi connectivity index (χ0) is 15.0. The van der Waals surface area contributed by atoms with Gasteiger partial charge in [-0.3, -0.25) is 0 Å². The summed E-state index contributed by atoms with van der Waals surface area (Å²) in [4.78, 5) is 0.282. The number of sulfonamides is 1. The molecule has 1 N–H and O–H groups in total. The van der Waals surface area contributed by atoms with Crippen LogP contribution in [-0.2, 0) is 10.0 Å². The van der Waals surface area contributed by atoms with E-state index in [0.717, 1.165) is 19.3 Å². The first-order valence-electron chi connectivity index (χ1n) is 7.18. The van der Waals surface area contributed by atoms with E-state index >= 15 is 0 Å². The Balaban J connectivity index is 2.57. The van der Waals surface area contributed by atoms with E-state index < -0.39 is 10.0 Å². The summed E-state index contributed by atoms with van der Waals surface area (Å²) in [5, 5.41) is 0. The Hall–Kier alpha value is -1.07. The van der Waals surface area contributed by atoms with Crippen molar-refractivity contribution in [3.05, 3.63) is 24.3 Å². The second kappa shape index (κ2) is 8.27. The lowest BCUT2D eigenvalue weighted by molar-refractivity contribution is 0.309. The summed E-state index contributed by atoms with van der Waals surface area (Å²) in [5.41, 5.74) is 0. The standard InChI is InChI=1S/C15H25NO3S/c1-4-5-12-19-14-6-8-15(9-7-14)20(17,18)16-11-10-13(2)3/h6-9,13,16H,4-5,10-12H2,1-3H3. The molecule has 0 atom stereocenters. The smallest absolute Gasteiger partial charge is 0.240 e. The number of benzene rings is 1. The van der Waals surface area contributed by atoms with Crippen molar-refractivity contribution in [3.63, 3.8) is 0 Å². The SMILES string of the molecule is CCCCOc1ccc(S(=O)(=O)NCCC(C)C)cc1. The van der Waals surface area contributed by atoms with Gasteiger partial charge in [-0.2, -0.15) is 0 Å². The monoisotopic (exact) mass is 299 g/mol. The molecule has 114 valence electrons. The van der Waals surface area contributed by atoms with Crippen LogP contribution in [0.5, 0.6) is 5.75 Å². The summed E-state index contributed by atoms with van der Waals surface area (Å²) in [6.07, 6.45) is 2.90. The molecule has 0 aliphatic rings. The van der Waals surface area contributed by atoms with Gasteiger partial charge in [0.05, 0.1) is 11.5 Å². The molecule has 20 heavy (non-hydrogen) atoms. The lowest BCUT2D eigenvalue weighted by Crippen LogP contribution is -2.25. The minimum Gasteiger partial charge on any atom is -0.494 e. The molecule has 0 radical (unpaired) electrons. The molecule has 0 heterocycles. The van der Waals surface area contributed by atoms with Crippen LogP contribution in [0.15, 0.2) is 29.2 Å². The molecule has 0 aliphatic carbocycles. The van der Waals surface area contributed by atoms with Crippen molar-refractivity contribution in [2.45, 2.75) is 44.9 Å². The first-order chi connectivity index (χ1) is 9.45. The molecule has 4 nitrogen and oxygen atoms in total. The largest absolute Gasteiger partial charge is 0.494 e. The molecule has 0 fully saturated rings. The number of ether oxygens (including phenoxy) is 1. The fourth-order valence-electron chi connectivity index (χ4n) is 1.61. The van der Waals surface area contributed by atoms with Crippen molar-refractivity contribution < 1.29 is 13.2 Å². The van der Waals surface area contributed by atoms with E-state index in [2.05, 4.69) is 25.5 Å². The van der Waals surface area contributed by atoms with Crippen molar-refractivity contribution in [1.29, 1.82) is 0 Å². The summed E-state index contributed by atoms with van der Waals surface area (Å²) >= 11 is 0. The highest BCUT2D eigenvalue weighted by atomic mass is 32.2. The molecule has 0 aromatic heterocycles. The molecule has 1 aromatic rings. The maximum absolute atomic E-state index is 12.0. The first kappa shape index (κ1) is 17.0. The lowest BCUT2D eigenvalue weighted by atomic mass is 10.1. The zero-order valence-electron chi connectivity index (χ0n) is 12.6. The van der Waals surface area contributed by atoms with Gasteiger partial charge in [-0.15, -0.1) is 0 Å². The third kappa shape index (κ3) is 5.92. The Morgan fingerprint density at radius 2 is 1.85 bits per heavy atom. The third-order valence-corrected chi connectivity index (χ3v) is 4.39. The Labute approximate surface area is 122 Å². The van der Waals surface area contributed by atoms with Crippen LogP contribution in [0.3, 0.4) is 0 Å². The molecule has 5 heteroatoms. The summed E-state index contributed by atoms with van der Waals surface area (Å²) in [7, 11) is -3.40. The molecule has 0 saturated carbocycles. The van der Waals surface area contributed by atoms with Crippen LogP contribution >= 0.6 is 0 Å². The van der Waals surface area contributed by atoms with Crippen LogP contribution in [0.2, 0.25) is 0 Å². The molecule has 0 spiro atoms. The van der Waals surface area contributed by atoms with Crippen LogP contribution in [-0.4, -0.2) is 21.6 Å². The maximum atomic E-state index is 12.0. The van der Waals surface area contributed by atoms with Crippen LogP contribution in [0.4, 0.5) is 0 Å². The summed E-state index contributed by atoms with van der Waals surface area (Å²) in [6.45, 7) is 7.36. The molecule has 1 aromatic carbocycles. The highest BCUT2D eigenvalue weighted by Crippen LogP contribution is 2.16. The van der Waals surface area contributed by atoms with E-state index in [0.29, 0.717) is 24.8 Å². The second-order valence-corrected chi connectivity index (χ2v) is 7.02. The van der Waals surface area contributed by atoms with Crippen molar-refractivity contribution in [3.8, 4) is 5.75 Å². The fourth-order valence-corrected chi connectivity index (χ4v) is 2.66. The Bertz CT molecular complexity index is 480. The van der Waals surface area contributed by atoms with E-state index in [4.69, 9.17) is 4.74 Å². The number of hydrogen-bond acceptors (Lipinski definition) is 3. The quantitative estimate of drug-likeness (QED) is 0.712. The van der Waals surface area contributed by atoms with E-state index in [1.807, 2.05) is 0 Å². The highest BCUT2D eigenvalue weighted by molar-refractivity contribution is 7.89. The topological polar surface area (TPSA) is 55.4 Å². The Morgan fingerprint density at radius 3 is 2.40 bits per heavy atom. The predicted molar refractivity (Wildman–Crippen MR) is 81.5 cm³/mol. The van der Waals surface area contributed by atoms with Gasteiger partial charge in [-0.1, -0.05) is 27.2 Å². The fraction of sp³-hybridized carbons (Fsp3) is 0.600. The van der Waals surface area contributed by atoms with Gasteiger partial charge in [-0.25, -0.2) is 13.1 Å². The van der Waals surface area contributed by atoms with Crippen molar-refractivity contribution in [2.24, 2.45) is 5.92 Å². The van der Waals surface area contributed by atoms with Gasteiger partial charge in [0.1, 0.15) is 5.75 Å². The van der Waals surface area contributed by atoms with E-state index in [1.54, 1.807) is 24.3 Å². The van der Waals surface area contributed by atoms with Gasteiger partial charge in [0.15, 0.2) is 0 Å². The molecule has 0 unspecified atom stereocenters. The summed E-state index contributed by atoms with van der Waals surface area (Å²) in [6, 6.07) is 6.57. The van der Waals surface area contributed by atoms with Gasteiger partial charge in [0.2, 0.25) is 10.0 Å². The number of rotatable bonds is 9.